The van der Waals surface area contributed by atoms with Gasteiger partial charge in [0.25, 0.3) is 5.91 Å². The van der Waals surface area contributed by atoms with Crippen molar-refractivity contribution in [3.8, 4) is 0 Å². The smallest absolute Gasteiger partial charge is 0.267 e. The number of carbonyl (C=O) groups excluding carboxylic acids is 2. The first-order valence-electron chi connectivity index (χ1n) is 7.51. The standard InChI is InChI=1S/C16H21N3O2/c1-19-10-4-5-12(19)15(21)17-11-16-8-3-2-6-13(16)18-14(20)7-9-16/h4-6,10H,2-3,7-9,11H2,1H3,(H,17,21)(H,18,20). The van der Waals surface area contributed by atoms with Gasteiger partial charge in [0.2, 0.25) is 5.91 Å². The Kier molecular flexibility index (Phi) is 3.57. The molecule has 1 aliphatic carbocycles. The lowest BCUT2D eigenvalue weighted by Crippen LogP contribution is -2.48. The fourth-order valence-electron chi connectivity index (χ4n) is 3.36. The highest BCUT2D eigenvalue weighted by Crippen LogP contribution is 2.42. The summed E-state index contributed by atoms with van der Waals surface area (Å²) in [5.41, 5.74) is 1.58. The second kappa shape index (κ2) is 5.39. The Labute approximate surface area is 124 Å². The number of hydrogen-bond acceptors (Lipinski definition) is 2. The molecule has 2 heterocycles. The van der Waals surface area contributed by atoms with Crippen molar-refractivity contribution in [1.82, 2.24) is 15.2 Å². The van der Waals surface area contributed by atoms with Crippen LogP contribution in [0.25, 0.3) is 0 Å². The summed E-state index contributed by atoms with van der Waals surface area (Å²) in [7, 11) is 1.86. The quantitative estimate of drug-likeness (QED) is 0.889. The van der Waals surface area contributed by atoms with Crippen LogP contribution in [0.15, 0.2) is 30.1 Å². The van der Waals surface area contributed by atoms with Gasteiger partial charge >= 0.3 is 0 Å². The Morgan fingerprint density at radius 2 is 2.33 bits per heavy atom. The van der Waals surface area contributed by atoms with E-state index < -0.39 is 0 Å². The van der Waals surface area contributed by atoms with Crippen LogP contribution in [0.1, 0.15) is 42.6 Å². The van der Waals surface area contributed by atoms with E-state index in [9.17, 15) is 9.59 Å². The molecule has 0 aromatic carbocycles. The van der Waals surface area contributed by atoms with Gasteiger partial charge in [-0.25, -0.2) is 0 Å². The molecule has 3 rings (SSSR count). The van der Waals surface area contributed by atoms with Crippen molar-refractivity contribution in [2.45, 2.75) is 32.1 Å². The third kappa shape index (κ3) is 2.60. The van der Waals surface area contributed by atoms with Crippen LogP contribution < -0.4 is 10.6 Å². The summed E-state index contributed by atoms with van der Waals surface area (Å²) < 4.78 is 1.81. The van der Waals surface area contributed by atoms with E-state index in [1.165, 1.54) is 0 Å². The molecule has 5 heteroatoms. The first-order valence-corrected chi connectivity index (χ1v) is 7.51. The minimum Gasteiger partial charge on any atom is -0.350 e. The molecule has 1 aliphatic heterocycles. The van der Waals surface area contributed by atoms with Crippen molar-refractivity contribution < 1.29 is 9.59 Å². The molecule has 0 saturated carbocycles. The highest BCUT2D eigenvalue weighted by Gasteiger charge is 2.40. The van der Waals surface area contributed by atoms with Gasteiger partial charge in [-0.3, -0.25) is 9.59 Å². The van der Waals surface area contributed by atoms with Crippen LogP contribution in [-0.4, -0.2) is 22.9 Å². The van der Waals surface area contributed by atoms with E-state index in [4.69, 9.17) is 0 Å². The van der Waals surface area contributed by atoms with Gasteiger partial charge in [0, 0.05) is 37.3 Å². The second-order valence-corrected chi connectivity index (χ2v) is 6.03. The molecule has 0 radical (unpaired) electrons. The van der Waals surface area contributed by atoms with Crippen LogP contribution >= 0.6 is 0 Å². The maximum Gasteiger partial charge on any atom is 0.267 e. The second-order valence-electron chi connectivity index (χ2n) is 6.03. The molecule has 0 spiro atoms. The average molecular weight is 287 g/mol. The number of piperidine rings is 1. The lowest BCUT2D eigenvalue weighted by atomic mass is 9.70. The minimum atomic E-state index is -0.0903. The van der Waals surface area contributed by atoms with E-state index >= 15 is 0 Å². The normalized spacial score (nSPS) is 24.8. The molecule has 5 nitrogen and oxygen atoms in total. The van der Waals surface area contributed by atoms with Crippen LogP contribution in [-0.2, 0) is 11.8 Å². The summed E-state index contributed by atoms with van der Waals surface area (Å²) in [6, 6.07) is 3.67. The summed E-state index contributed by atoms with van der Waals surface area (Å²) in [4.78, 5) is 23.9. The predicted octanol–water partition coefficient (Wildman–Crippen LogP) is 1.72. The van der Waals surface area contributed by atoms with Gasteiger partial charge in [0.1, 0.15) is 5.69 Å². The summed E-state index contributed by atoms with van der Waals surface area (Å²) in [5.74, 6) is 0.0336. The predicted molar refractivity (Wildman–Crippen MR) is 79.5 cm³/mol. The molecule has 1 unspecified atom stereocenters. The van der Waals surface area contributed by atoms with Crippen LogP contribution in [0, 0.1) is 5.41 Å². The fourth-order valence-corrected chi connectivity index (χ4v) is 3.36. The number of nitrogens with one attached hydrogen (secondary N) is 2. The number of nitrogens with zero attached hydrogens (tertiary/aromatic N) is 1. The summed E-state index contributed by atoms with van der Waals surface area (Å²) in [6.45, 7) is 0.586. The number of carbonyl (C=O) groups is 2. The largest absolute Gasteiger partial charge is 0.350 e. The first kappa shape index (κ1) is 13.9. The van der Waals surface area contributed by atoms with E-state index in [1.807, 2.05) is 29.9 Å². The maximum atomic E-state index is 12.3. The minimum absolute atomic E-state index is 0.0568. The lowest BCUT2D eigenvalue weighted by Gasteiger charge is -2.42. The van der Waals surface area contributed by atoms with Gasteiger partial charge in [-0.15, -0.1) is 0 Å². The fraction of sp³-hybridized carbons (Fsp3) is 0.500. The third-order valence-corrected chi connectivity index (χ3v) is 4.65. The molecule has 1 fully saturated rings. The summed E-state index contributed by atoms with van der Waals surface area (Å²) >= 11 is 0. The molecule has 1 aromatic rings. The third-order valence-electron chi connectivity index (χ3n) is 4.65. The van der Waals surface area contributed by atoms with Crippen LogP contribution in [0.5, 0.6) is 0 Å². The van der Waals surface area contributed by atoms with E-state index in [2.05, 4.69) is 16.7 Å². The molecule has 2 N–H and O–H groups in total. The number of rotatable bonds is 3. The Morgan fingerprint density at radius 1 is 1.48 bits per heavy atom. The SMILES string of the molecule is Cn1cccc1C(=O)NCC12CCCC=C1NC(=O)CC2. The number of aromatic nitrogens is 1. The summed E-state index contributed by atoms with van der Waals surface area (Å²) in [5, 5.41) is 6.04. The molecule has 1 saturated heterocycles. The van der Waals surface area contributed by atoms with Gasteiger partial charge < -0.3 is 15.2 Å². The van der Waals surface area contributed by atoms with Gasteiger partial charge in [-0.1, -0.05) is 6.08 Å². The van der Waals surface area contributed by atoms with Crippen LogP contribution in [0.4, 0.5) is 0 Å². The van der Waals surface area contributed by atoms with E-state index in [1.54, 1.807) is 0 Å². The molecule has 1 aromatic heterocycles. The topological polar surface area (TPSA) is 63.1 Å². The zero-order chi connectivity index (χ0) is 14.9. The molecule has 2 aliphatic rings. The van der Waals surface area contributed by atoms with Crippen molar-refractivity contribution in [3.05, 3.63) is 35.8 Å². The zero-order valence-corrected chi connectivity index (χ0v) is 12.3. The molecule has 21 heavy (non-hydrogen) atoms. The van der Waals surface area contributed by atoms with Crippen molar-refractivity contribution in [3.63, 3.8) is 0 Å². The maximum absolute atomic E-state index is 12.3. The Hall–Kier alpha value is -2.04. The highest BCUT2D eigenvalue weighted by atomic mass is 16.2. The van der Waals surface area contributed by atoms with Crippen molar-refractivity contribution in [2.24, 2.45) is 12.5 Å². The molecule has 0 bridgehead atoms. The van der Waals surface area contributed by atoms with E-state index in [0.29, 0.717) is 18.7 Å². The van der Waals surface area contributed by atoms with Gasteiger partial charge in [0.15, 0.2) is 0 Å². The number of amides is 2. The van der Waals surface area contributed by atoms with Gasteiger partial charge in [-0.05, 0) is 37.8 Å². The molecular formula is C16H21N3O2. The Balaban J connectivity index is 1.72. The molecule has 2 amide bonds. The van der Waals surface area contributed by atoms with Crippen molar-refractivity contribution in [1.29, 1.82) is 0 Å². The summed E-state index contributed by atoms with van der Waals surface area (Å²) in [6.07, 6.45) is 8.47. The average Bonchev–Trinajstić information content (AvgIpc) is 2.91. The molecular weight excluding hydrogens is 266 g/mol. The van der Waals surface area contributed by atoms with E-state index in [0.717, 1.165) is 31.4 Å². The number of hydrogen-bond donors (Lipinski definition) is 2. The first-order chi connectivity index (χ1) is 10.1. The number of fused-ring (bicyclic) bond motifs is 1. The van der Waals surface area contributed by atoms with Crippen LogP contribution in [0.3, 0.4) is 0 Å². The van der Waals surface area contributed by atoms with Crippen molar-refractivity contribution in [2.75, 3.05) is 6.54 Å². The lowest BCUT2D eigenvalue weighted by molar-refractivity contribution is -0.122. The zero-order valence-electron chi connectivity index (χ0n) is 12.3. The van der Waals surface area contributed by atoms with Gasteiger partial charge in [0.05, 0.1) is 0 Å². The van der Waals surface area contributed by atoms with Gasteiger partial charge in [-0.2, -0.15) is 0 Å². The molecule has 1 atom stereocenters. The Bertz CT molecular complexity index is 602. The monoisotopic (exact) mass is 287 g/mol. The Morgan fingerprint density at radius 3 is 3.10 bits per heavy atom. The number of allylic oxidation sites excluding steroid dienone is 1. The van der Waals surface area contributed by atoms with Crippen LogP contribution in [0.2, 0.25) is 0 Å². The molecule has 112 valence electrons. The highest BCUT2D eigenvalue weighted by molar-refractivity contribution is 5.92. The number of aryl methyl sites for hydroxylation is 1. The van der Waals surface area contributed by atoms with E-state index in [-0.39, 0.29) is 17.2 Å². The van der Waals surface area contributed by atoms with Crippen molar-refractivity contribution >= 4 is 11.8 Å².